The van der Waals surface area contributed by atoms with Crippen LogP contribution in [0.2, 0.25) is 0 Å². The minimum absolute atomic E-state index is 0.173. The van der Waals surface area contributed by atoms with Crippen molar-refractivity contribution in [3.8, 4) is 0 Å². The summed E-state index contributed by atoms with van der Waals surface area (Å²) >= 11 is 0. The molecule has 0 bridgehead atoms. The predicted octanol–water partition coefficient (Wildman–Crippen LogP) is 3.47. The highest BCUT2D eigenvalue weighted by Gasteiger charge is 2.29. The van der Waals surface area contributed by atoms with Crippen molar-refractivity contribution in [3.05, 3.63) is 71.8 Å². The second kappa shape index (κ2) is 11.3. The van der Waals surface area contributed by atoms with Crippen molar-refractivity contribution in [2.75, 3.05) is 14.2 Å². The first-order chi connectivity index (χ1) is 14.0. The molecule has 0 radical (unpaired) electrons. The smallest absolute Gasteiger partial charge is 0.116 e. The van der Waals surface area contributed by atoms with Crippen molar-refractivity contribution in [3.63, 3.8) is 0 Å². The lowest BCUT2D eigenvalue weighted by molar-refractivity contribution is 0.115. The van der Waals surface area contributed by atoms with Crippen LogP contribution in [0.1, 0.15) is 31.4 Å². The molecule has 0 aromatic heterocycles. The van der Waals surface area contributed by atoms with E-state index in [4.69, 9.17) is 9.68 Å². The van der Waals surface area contributed by atoms with Gasteiger partial charge in [0, 0.05) is 11.1 Å². The SMILES string of the molecule is CO/N=C(\c1ccccc1)C(O)[C@H](C)C[C@@H](C)C(O)/C(=N/OC)c1ccccc1. The van der Waals surface area contributed by atoms with E-state index in [9.17, 15) is 10.2 Å². The number of hydrogen-bond donors (Lipinski definition) is 2. The number of aliphatic hydroxyl groups excluding tert-OH is 2. The topological polar surface area (TPSA) is 83.6 Å². The van der Waals surface area contributed by atoms with Crippen LogP contribution in [0, 0.1) is 11.8 Å². The van der Waals surface area contributed by atoms with Gasteiger partial charge in [0.1, 0.15) is 37.9 Å². The Morgan fingerprint density at radius 2 is 1.07 bits per heavy atom. The number of rotatable bonds is 10. The zero-order valence-electron chi connectivity index (χ0n) is 17.4. The summed E-state index contributed by atoms with van der Waals surface area (Å²) in [6, 6.07) is 18.9. The molecular formula is C23H30N2O4. The minimum Gasteiger partial charge on any atom is -0.399 e. The maximum atomic E-state index is 10.9. The van der Waals surface area contributed by atoms with Gasteiger partial charge >= 0.3 is 0 Å². The van der Waals surface area contributed by atoms with E-state index < -0.39 is 12.2 Å². The molecule has 6 heteroatoms. The van der Waals surface area contributed by atoms with E-state index in [-0.39, 0.29) is 11.8 Å². The van der Waals surface area contributed by atoms with Gasteiger partial charge in [-0.3, -0.25) is 0 Å². The Kier molecular flexibility index (Phi) is 8.83. The second-order valence-corrected chi connectivity index (χ2v) is 7.13. The number of oxime groups is 2. The minimum atomic E-state index is -0.841. The van der Waals surface area contributed by atoms with Gasteiger partial charge in [0.25, 0.3) is 0 Å². The molecule has 0 heterocycles. The zero-order valence-corrected chi connectivity index (χ0v) is 17.4. The van der Waals surface area contributed by atoms with E-state index in [1.54, 1.807) is 0 Å². The van der Waals surface area contributed by atoms with Crippen LogP contribution in [-0.2, 0) is 9.68 Å². The molecule has 0 saturated heterocycles. The monoisotopic (exact) mass is 398 g/mol. The fourth-order valence-electron chi connectivity index (χ4n) is 3.35. The Morgan fingerprint density at radius 1 is 0.724 bits per heavy atom. The Morgan fingerprint density at radius 3 is 1.38 bits per heavy atom. The third kappa shape index (κ3) is 6.14. The molecule has 2 aromatic carbocycles. The highest BCUT2D eigenvalue weighted by molar-refractivity contribution is 6.04. The summed E-state index contributed by atoms with van der Waals surface area (Å²) in [5.41, 5.74) is 2.54. The molecule has 0 aliphatic rings. The number of nitrogens with zero attached hydrogens (tertiary/aromatic N) is 2. The van der Waals surface area contributed by atoms with Crippen molar-refractivity contribution >= 4 is 11.4 Å². The molecule has 29 heavy (non-hydrogen) atoms. The van der Waals surface area contributed by atoms with Crippen LogP contribution in [-0.4, -0.2) is 48.1 Å². The maximum Gasteiger partial charge on any atom is 0.116 e. The summed E-state index contributed by atoms with van der Waals surface area (Å²) < 4.78 is 0. The molecule has 0 spiro atoms. The van der Waals surface area contributed by atoms with Crippen LogP contribution in [0.15, 0.2) is 71.0 Å². The van der Waals surface area contributed by atoms with E-state index in [0.717, 1.165) is 11.1 Å². The Hall–Kier alpha value is -2.70. The van der Waals surface area contributed by atoms with Crippen LogP contribution < -0.4 is 0 Å². The van der Waals surface area contributed by atoms with Crippen molar-refractivity contribution in [1.82, 2.24) is 0 Å². The lowest BCUT2D eigenvalue weighted by atomic mass is 9.84. The molecule has 0 fully saturated rings. The molecule has 0 saturated carbocycles. The highest BCUT2D eigenvalue weighted by Crippen LogP contribution is 2.23. The summed E-state index contributed by atoms with van der Waals surface area (Å²) in [5.74, 6) is -0.346. The fourth-order valence-corrected chi connectivity index (χ4v) is 3.35. The van der Waals surface area contributed by atoms with Gasteiger partial charge in [-0.25, -0.2) is 0 Å². The van der Waals surface area contributed by atoms with Crippen LogP contribution in [0.3, 0.4) is 0 Å². The van der Waals surface area contributed by atoms with Crippen LogP contribution >= 0.6 is 0 Å². The molecule has 156 valence electrons. The zero-order chi connectivity index (χ0) is 21.2. The Balaban J connectivity index is 2.14. The summed E-state index contributed by atoms with van der Waals surface area (Å²) in [4.78, 5) is 9.91. The molecule has 4 atom stereocenters. The summed E-state index contributed by atoms with van der Waals surface area (Å²) in [6.45, 7) is 3.86. The third-order valence-corrected chi connectivity index (χ3v) is 4.90. The van der Waals surface area contributed by atoms with Gasteiger partial charge in [-0.15, -0.1) is 0 Å². The highest BCUT2D eigenvalue weighted by atomic mass is 16.6. The number of aliphatic hydroxyl groups is 2. The Labute approximate surface area is 172 Å². The lowest BCUT2D eigenvalue weighted by Crippen LogP contribution is -2.35. The van der Waals surface area contributed by atoms with Gasteiger partial charge in [-0.05, 0) is 18.3 Å². The van der Waals surface area contributed by atoms with Crippen LogP contribution in [0.25, 0.3) is 0 Å². The quantitative estimate of drug-likeness (QED) is 0.474. The second-order valence-electron chi connectivity index (χ2n) is 7.13. The van der Waals surface area contributed by atoms with Gasteiger partial charge in [-0.2, -0.15) is 0 Å². The number of hydrogen-bond acceptors (Lipinski definition) is 6. The van der Waals surface area contributed by atoms with Crippen molar-refractivity contribution in [1.29, 1.82) is 0 Å². The van der Waals surface area contributed by atoms with E-state index in [0.29, 0.717) is 17.8 Å². The molecule has 0 aliphatic carbocycles. The van der Waals surface area contributed by atoms with Gasteiger partial charge in [0.05, 0.1) is 0 Å². The third-order valence-electron chi connectivity index (χ3n) is 4.90. The van der Waals surface area contributed by atoms with E-state index in [2.05, 4.69) is 10.3 Å². The molecule has 2 unspecified atom stereocenters. The average Bonchev–Trinajstić information content (AvgIpc) is 2.76. The average molecular weight is 399 g/mol. The van der Waals surface area contributed by atoms with Crippen LogP contribution in [0.4, 0.5) is 0 Å². The van der Waals surface area contributed by atoms with E-state index in [1.165, 1.54) is 14.2 Å². The molecule has 6 nitrogen and oxygen atoms in total. The molecule has 2 rings (SSSR count). The van der Waals surface area contributed by atoms with Gasteiger partial charge in [0.15, 0.2) is 0 Å². The molecule has 0 aliphatic heterocycles. The van der Waals surface area contributed by atoms with Crippen molar-refractivity contribution in [2.45, 2.75) is 32.5 Å². The lowest BCUT2D eigenvalue weighted by Gasteiger charge is -2.26. The standard InChI is InChI=1S/C23H30N2O4/c1-16(22(26)20(24-28-3)18-11-7-5-8-12-18)15-17(2)23(27)21(25-29-4)19-13-9-6-10-14-19/h5-14,16-17,22-23,26-27H,15H2,1-4H3/b24-20+,25-21+/t16-,17-,22?,23?/m1/s1. The first-order valence-electron chi connectivity index (χ1n) is 9.68. The first-order valence-corrected chi connectivity index (χ1v) is 9.68. The van der Waals surface area contributed by atoms with Gasteiger partial charge in [-0.1, -0.05) is 84.8 Å². The van der Waals surface area contributed by atoms with E-state index in [1.807, 2.05) is 74.5 Å². The normalized spacial score (nSPS) is 16.6. The van der Waals surface area contributed by atoms with Crippen molar-refractivity contribution in [2.24, 2.45) is 22.1 Å². The maximum absolute atomic E-state index is 10.9. The van der Waals surface area contributed by atoms with Gasteiger partial charge < -0.3 is 19.9 Å². The first kappa shape index (κ1) is 22.6. The van der Waals surface area contributed by atoms with E-state index >= 15 is 0 Å². The molecular weight excluding hydrogens is 368 g/mol. The molecule has 2 N–H and O–H groups in total. The predicted molar refractivity (Wildman–Crippen MR) is 115 cm³/mol. The summed E-state index contributed by atoms with van der Waals surface area (Å²) in [6.07, 6.45) is -1.13. The van der Waals surface area contributed by atoms with Crippen LogP contribution in [0.5, 0.6) is 0 Å². The van der Waals surface area contributed by atoms with Crippen molar-refractivity contribution < 1.29 is 19.9 Å². The number of benzene rings is 2. The molecule has 2 aromatic rings. The fraction of sp³-hybridized carbons (Fsp3) is 0.391. The largest absolute Gasteiger partial charge is 0.399 e. The molecule has 0 amide bonds. The van der Waals surface area contributed by atoms with Gasteiger partial charge in [0.2, 0.25) is 0 Å². The summed E-state index contributed by atoms with van der Waals surface area (Å²) in [7, 11) is 2.92. The summed E-state index contributed by atoms with van der Waals surface area (Å²) in [5, 5.41) is 29.9. The Bertz CT molecular complexity index is 726.